The van der Waals surface area contributed by atoms with E-state index in [1.54, 1.807) is 12.1 Å². The van der Waals surface area contributed by atoms with Crippen LogP contribution in [0.3, 0.4) is 0 Å². The molecule has 3 rings (SSSR count). The van der Waals surface area contributed by atoms with E-state index in [1.165, 1.54) is 24.1 Å². The molecule has 0 spiro atoms. The minimum atomic E-state index is -0.618. The Morgan fingerprint density at radius 2 is 1.96 bits per heavy atom. The molecule has 1 saturated heterocycles. The second-order valence-corrected chi connectivity index (χ2v) is 6.74. The average Bonchev–Trinajstić information content (AvgIpc) is 3.14. The molecule has 1 aromatic carbocycles. The van der Waals surface area contributed by atoms with Crippen LogP contribution in [0.5, 0.6) is 0 Å². The fraction of sp³-hybridized carbons (Fsp3) is 0.471. The van der Waals surface area contributed by atoms with Crippen molar-refractivity contribution in [2.24, 2.45) is 0 Å². The summed E-state index contributed by atoms with van der Waals surface area (Å²) in [6, 6.07) is 5.46. The number of carbonyl (C=O) groups is 1. The first-order valence-electron chi connectivity index (χ1n) is 8.58. The quantitative estimate of drug-likeness (QED) is 0.450. The van der Waals surface area contributed by atoms with Crippen molar-refractivity contribution in [2.45, 2.75) is 25.9 Å². The van der Waals surface area contributed by atoms with E-state index < -0.39 is 10.9 Å². The van der Waals surface area contributed by atoms with Gasteiger partial charge in [0.2, 0.25) is 0 Å². The molecule has 2 atom stereocenters. The molecule has 27 heavy (non-hydrogen) atoms. The number of methoxy groups -OCH3 is 1. The minimum absolute atomic E-state index is 0.00780. The van der Waals surface area contributed by atoms with Crippen LogP contribution in [0, 0.1) is 10.1 Å². The van der Waals surface area contributed by atoms with Crippen molar-refractivity contribution < 1.29 is 14.5 Å². The first kappa shape index (κ1) is 18.8. The topological polar surface area (TPSA) is 107 Å². The lowest BCUT2D eigenvalue weighted by molar-refractivity contribution is -0.384. The Hall–Kier alpha value is -3.01. The zero-order valence-corrected chi connectivity index (χ0v) is 15.7. The third-order valence-electron chi connectivity index (χ3n) is 5.01. The summed E-state index contributed by atoms with van der Waals surface area (Å²) in [7, 11) is 3.31. The smallest absolute Gasteiger partial charge is 0.360 e. The van der Waals surface area contributed by atoms with Crippen LogP contribution in [0.25, 0.3) is 5.69 Å². The van der Waals surface area contributed by atoms with E-state index in [1.807, 2.05) is 4.90 Å². The van der Waals surface area contributed by atoms with Gasteiger partial charge in [0, 0.05) is 31.2 Å². The molecule has 2 aromatic rings. The fourth-order valence-electron chi connectivity index (χ4n) is 3.26. The lowest BCUT2D eigenvalue weighted by Crippen LogP contribution is -2.55. The third kappa shape index (κ3) is 3.61. The van der Waals surface area contributed by atoms with Crippen LogP contribution in [0.2, 0.25) is 0 Å². The van der Waals surface area contributed by atoms with Gasteiger partial charge in [0.15, 0.2) is 5.69 Å². The molecule has 0 bridgehead atoms. The highest BCUT2D eigenvalue weighted by Crippen LogP contribution is 2.32. The van der Waals surface area contributed by atoms with Gasteiger partial charge in [-0.2, -0.15) is 0 Å². The monoisotopic (exact) mass is 374 g/mol. The lowest BCUT2D eigenvalue weighted by atomic mass is 10.1. The second kappa shape index (κ2) is 7.31. The predicted octanol–water partition coefficient (Wildman–Crippen LogP) is 1.49. The van der Waals surface area contributed by atoms with Crippen molar-refractivity contribution in [3.8, 4) is 5.69 Å². The molecular formula is C17H22N6O4. The van der Waals surface area contributed by atoms with Gasteiger partial charge in [0.25, 0.3) is 5.69 Å². The number of rotatable bonds is 4. The summed E-state index contributed by atoms with van der Waals surface area (Å²) >= 11 is 0. The standard InChI is InChI=1S/C17H22N6O4/c1-11-8-21(9-12(2)20(11)3)15-6-5-13(7-16(15)23(25)26)22-10-14(18-19-22)17(24)27-4/h5-7,10-12H,8-9H2,1-4H3/t11-,12+. The van der Waals surface area contributed by atoms with E-state index in [0.29, 0.717) is 24.5 Å². The number of ether oxygens (including phenoxy) is 1. The van der Waals surface area contributed by atoms with Gasteiger partial charge < -0.3 is 9.64 Å². The van der Waals surface area contributed by atoms with Crippen LogP contribution >= 0.6 is 0 Å². The zero-order chi connectivity index (χ0) is 19.7. The van der Waals surface area contributed by atoms with Gasteiger partial charge in [0.1, 0.15) is 5.69 Å². The van der Waals surface area contributed by atoms with Gasteiger partial charge in [-0.25, -0.2) is 9.48 Å². The highest BCUT2D eigenvalue weighted by Gasteiger charge is 2.30. The summed E-state index contributed by atoms with van der Waals surface area (Å²) in [6.45, 7) is 5.62. The Labute approximate surface area is 156 Å². The van der Waals surface area contributed by atoms with Gasteiger partial charge in [0.05, 0.1) is 23.9 Å². The van der Waals surface area contributed by atoms with Gasteiger partial charge >= 0.3 is 5.97 Å². The zero-order valence-electron chi connectivity index (χ0n) is 15.7. The van der Waals surface area contributed by atoms with Crippen molar-refractivity contribution >= 4 is 17.3 Å². The molecule has 10 heteroatoms. The van der Waals surface area contributed by atoms with Gasteiger partial charge in [-0.05, 0) is 33.0 Å². The van der Waals surface area contributed by atoms with Crippen molar-refractivity contribution in [3.05, 3.63) is 40.2 Å². The molecule has 0 saturated carbocycles. The van der Waals surface area contributed by atoms with Crippen LogP contribution in [0.4, 0.5) is 11.4 Å². The Morgan fingerprint density at radius 3 is 2.56 bits per heavy atom. The molecule has 0 radical (unpaired) electrons. The van der Waals surface area contributed by atoms with Crippen molar-refractivity contribution in [1.82, 2.24) is 19.9 Å². The molecule has 0 amide bonds. The number of nitrogens with zero attached hydrogens (tertiary/aromatic N) is 6. The summed E-state index contributed by atoms with van der Waals surface area (Å²) in [5.41, 5.74) is 1.05. The fourth-order valence-corrected chi connectivity index (χ4v) is 3.26. The Morgan fingerprint density at radius 1 is 1.30 bits per heavy atom. The highest BCUT2D eigenvalue weighted by molar-refractivity contribution is 5.86. The second-order valence-electron chi connectivity index (χ2n) is 6.74. The molecular weight excluding hydrogens is 352 g/mol. The summed E-state index contributed by atoms with van der Waals surface area (Å²) in [5, 5.41) is 19.3. The Balaban J connectivity index is 1.95. The molecule has 1 aliphatic heterocycles. The normalized spacial score (nSPS) is 20.5. The molecule has 144 valence electrons. The van der Waals surface area contributed by atoms with Crippen LogP contribution < -0.4 is 4.90 Å². The van der Waals surface area contributed by atoms with Crippen molar-refractivity contribution in [1.29, 1.82) is 0 Å². The largest absolute Gasteiger partial charge is 0.464 e. The number of anilines is 1. The van der Waals surface area contributed by atoms with E-state index >= 15 is 0 Å². The number of carbonyl (C=O) groups excluding carboxylic acids is 1. The number of likely N-dealkylation sites (N-methyl/N-ethyl adjacent to an activating group) is 1. The lowest BCUT2D eigenvalue weighted by Gasteiger charge is -2.43. The SMILES string of the molecule is COC(=O)c1cn(-c2ccc(N3C[C@@H](C)N(C)[C@@H](C)C3)c([N+](=O)[O-])c2)nn1. The van der Waals surface area contributed by atoms with E-state index in [4.69, 9.17) is 0 Å². The molecule has 1 aromatic heterocycles. The highest BCUT2D eigenvalue weighted by atomic mass is 16.6. The Bertz CT molecular complexity index is 855. The van der Waals surface area contributed by atoms with Gasteiger partial charge in [-0.1, -0.05) is 5.21 Å². The molecule has 0 unspecified atom stereocenters. The number of nitro benzene ring substituents is 1. The van der Waals surface area contributed by atoms with Crippen LogP contribution in [0.15, 0.2) is 24.4 Å². The maximum absolute atomic E-state index is 11.7. The van der Waals surface area contributed by atoms with Crippen molar-refractivity contribution in [3.63, 3.8) is 0 Å². The first-order valence-corrected chi connectivity index (χ1v) is 8.58. The number of nitro groups is 1. The van der Waals surface area contributed by atoms with E-state index in [0.717, 1.165) is 0 Å². The average molecular weight is 374 g/mol. The van der Waals surface area contributed by atoms with Crippen LogP contribution in [-0.2, 0) is 4.74 Å². The maximum Gasteiger partial charge on any atom is 0.360 e. The predicted molar refractivity (Wildman–Crippen MR) is 98.3 cm³/mol. The molecule has 1 aliphatic rings. The number of aromatic nitrogens is 3. The number of esters is 1. The van der Waals surface area contributed by atoms with E-state index in [2.05, 4.69) is 40.8 Å². The van der Waals surface area contributed by atoms with Gasteiger partial charge in [-0.3, -0.25) is 15.0 Å². The van der Waals surface area contributed by atoms with Gasteiger partial charge in [-0.15, -0.1) is 5.10 Å². The molecule has 0 aliphatic carbocycles. The first-order chi connectivity index (χ1) is 12.8. The van der Waals surface area contributed by atoms with E-state index in [-0.39, 0.29) is 23.5 Å². The summed E-state index contributed by atoms with van der Waals surface area (Å²) in [5.74, 6) is -0.618. The van der Waals surface area contributed by atoms with Crippen molar-refractivity contribution in [2.75, 3.05) is 32.1 Å². The maximum atomic E-state index is 11.7. The number of piperazine rings is 1. The Kier molecular flexibility index (Phi) is 5.08. The summed E-state index contributed by atoms with van der Waals surface area (Å²) < 4.78 is 5.92. The third-order valence-corrected chi connectivity index (χ3v) is 5.01. The van der Waals surface area contributed by atoms with E-state index in [9.17, 15) is 14.9 Å². The number of hydrogen-bond donors (Lipinski definition) is 0. The number of hydrogen-bond acceptors (Lipinski definition) is 8. The molecule has 0 N–H and O–H groups in total. The van der Waals surface area contributed by atoms with Crippen LogP contribution in [0.1, 0.15) is 24.3 Å². The molecule has 1 fully saturated rings. The molecule has 2 heterocycles. The minimum Gasteiger partial charge on any atom is -0.464 e. The molecule has 10 nitrogen and oxygen atoms in total. The summed E-state index contributed by atoms with van der Waals surface area (Å²) in [4.78, 5) is 27.1. The van der Waals surface area contributed by atoms with Crippen LogP contribution in [-0.4, -0.2) is 70.1 Å². The number of benzene rings is 1. The summed E-state index contributed by atoms with van der Waals surface area (Å²) in [6.07, 6.45) is 1.38.